The van der Waals surface area contributed by atoms with Crippen molar-refractivity contribution in [1.82, 2.24) is 5.32 Å². The Morgan fingerprint density at radius 3 is 2.46 bits per heavy atom. The lowest BCUT2D eigenvalue weighted by Crippen LogP contribution is -2.26. The molecule has 0 saturated carbocycles. The number of thioether (sulfide) groups is 1. The van der Waals surface area contributed by atoms with Crippen molar-refractivity contribution in [1.29, 1.82) is 0 Å². The van der Waals surface area contributed by atoms with Gasteiger partial charge in [-0.25, -0.2) is 0 Å². The summed E-state index contributed by atoms with van der Waals surface area (Å²) in [5, 5.41) is 3.07. The van der Waals surface area contributed by atoms with Gasteiger partial charge < -0.3 is 5.32 Å². The molecular formula is C10H15NS2. The number of thiocarbonyl (C=S) groups is 1. The molecule has 13 heavy (non-hydrogen) atoms. The number of hydrogen-bond donors (Lipinski definition) is 1. The fraction of sp³-hybridized carbons (Fsp3) is 0.300. The third kappa shape index (κ3) is 3.79. The quantitative estimate of drug-likeness (QED) is 0.707. The van der Waals surface area contributed by atoms with E-state index in [-0.39, 0.29) is 0 Å². The summed E-state index contributed by atoms with van der Waals surface area (Å²) in [4.78, 5) is 1.98. The average molecular weight is 213 g/mol. The Bertz CT molecular complexity index is 241. The Kier molecular flexibility index (Phi) is 6.63. The molecule has 0 atom stereocenters. The highest BCUT2D eigenvalue weighted by Crippen LogP contribution is 2.24. The Labute approximate surface area is 90.0 Å². The summed E-state index contributed by atoms with van der Waals surface area (Å²) in [6, 6.07) is 0. The van der Waals surface area contributed by atoms with Crippen LogP contribution in [0.5, 0.6) is 0 Å². The zero-order chi connectivity index (χ0) is 10.3. The molecule has 0 unspecified atom stereocenters. The Morgan fingerprint density at radius 1 is 1.38 bits per heavy atom. The van der Waals surface area contributed by atoms with E-state index in [0.717, 1.165) is 21.3 Å². The lowest BCUT2D eigenvalue weighted by molar-refractivity contribution is 1.18. The van der Waals surface area contributed by atoms with Crippen LogP contribution in [0, 0.1) is 0 Å². The van der Waals surface area contributed by atoms with Crippen LogP contribution < -0.4 is 5.32 Å². The maximum absolute atomic E-state index is 5.00. The summed E-state index contributed by atoms with van der Waals surface area (Å²) in [6.07, 6.45) is 3.58. The molecular weight excluding hydrogens is 198 g/mol. The van der Waals surface area contributed by atoms with Crippen molar-refractivity contribution in [2.45, 2.75) is 13.8 Å². The molecule has 1 aliphatic heterocycles. The molecule has 1 rings (SSSR count). The summed E-state index contributed by atoms with van der Waals surface area (Å²) < 4.78 is 0. The molecule has 0 aromatic rings. The van der Waals surface area contributed by atoms with Gasteiger partial charge in [-0.1, -0.05) is 45.3 Å². The SMILES string of the molecule is C=CC1=C(C=C)SCC(=S)N1.CC. The van der Waals surface area contributed by atoms with Crippen LogP contribution in [0.15, 0.2) is 35.9 Å². The molecule has 0 saturated heterocycles. The van der Waals surface area contributed by atoms with Crippen LogP contribution in [-0.2, 0) is 0 Å². The topological polar surface area (TPSA) is 12.0 Å². The molecule has 1 heterocycles. The second kappa shape index (κ2) is 6.92. The van der Waals surface area contributed by atoms with Crippen LogP contribution in [0.3, 0.4) is 0 Å². The summed E-state index contributed by atoms with van der Waals surface area (Å²) >= 11 is 6.69. The third-order valence-electron chi connectivity index (χ3n) is 1.29. The first-order valence-electron chi connectivity index (χ1n) is 4.19. The van der Waals surface area contributed by atoms with Crippen molar-refractivity contribution in [3.05, 3.63) is 35.9 Å². The number of nitrogens with one attached hydrogen (secondary N) is 1. The van der Waals surface area contributed by atoms with Crippen LogP contribution in [0.4, 0.5) is 0 Å². The highest BCUT2D eigenvalue weighted by Gasteiger charge is 2.10. The molecule has 0 aromatic heterocycles. The van der Waals surface area contributed by atoms with E-state index in [4.69, 9.17) is 12.2 Å². The molecule has 1 nitrogen and oxygen atoms in total. The summed E-state index contributed by atoms with van der Waals surface area (Å²) in [7, 11) is 0. The molecule has 0 aromatic carbocycles. The third-order valence-corrected chi connectivity index (χ3v) is 2.85. The maximum atomic E-state index is 5.00. The number of allylic oxidation sites excluding steroid dienone is 2. The lowest BCUT2D eigenvalue weighted by atomic mass is 10.3. The van der Waals surface area contributed by atoms with Gasteiger partial charge in [0.15, 0.2) is 0 Å². The number of rotatable bonds is 2. The van der Waals surface area contributed by atoms with Gasteiger partial charge >= 0.3 is 0 Å². The van der Waals surface area contributed by atoms with Crippen molar-refractivity contribution in [3.8, 4) is 0 Å². The summed E-state index contributed by atoms with van der Waals surface area (Å²) in [6.45, 7) is 11.4. The normalized spacial score (nSPS) is 15.4. The predicted molar refractivity (Wildman–Crippen MR) is 67.0 cm³/mol. The van der Waals surface area contributed by atoms with Crippen LogP contribution in [0.1, 0.15) is 13.8 Å². The molecule has 0 radical (unpaired) electrons. The molecule has 0 spiro atoms. The van der Waals surface area contributed by atoms with E-state index in [1.54, 1.807) is 17.8 Å². The van der Waals surface area contributed by atoms with Crippen molar-refractivity contribution in [2.75, 3.05) is 5.75 Å². The Morgan fingerprint density at radius 2 is 2.00 bits per heavy atom. The molecule has 1 N–H and O–H groups in total. The van der Waals surface area contributed by atoms with Crippen molar-refractivity contribution in [3.63, 3.8) is 0 Å². The van der Waals surface area contributed by atoms with E-state index in [1.165, 1.54) is 0 Å². The fourth-order valence-corrected chi connectivity index (χ4v) is 1.84. The van der Waals surface area contributed by atoms with Crippen molar-refractivity contribution < 1.29 is 0 Å². The molecule has 0 aliphatic carbocycles. The van der Waals surface area contributed by atoms with Gasteiger partial charge in [0, 0.05) is 10.7 Å². The zero-order valence-electron chi connectivity index (χ0n) is 8.09. The average Bonchev–Trinajstić information content (AvgIpc) is 2.20. The van der Waals surface area contributed by atoms with Gasteiger partial charge in [-0.2, -0.15) is 0 Å². The molecule has 1 aliphatic rings. The maximum Gasteiger partial charge on any atom is 0.0901 e. The van der Waals surface area contributed by atoms with Gasteiger partial charge in [0.1, 0.15) is 0 Å². The summed E-state index contributed by atoms with van der Waals surface area (Å²) in [5.41, 5.74) is 0.973. The lowest BCUT2D eigenvalue weighted by Gasteiger charge is -2.17. The smallest absolute Gasteiger partial charge is 0.0901 e. The minimum absolute atomic E-state index is 0.841. The number of hydrogen-bond acceptors (Lipinski definition) is 2. The van der Waals surface area contributed by atoms with Crippen LogP contribution in [0.2, 0.25) is 0 Å². The van der Waals surface area contributed by atoms with E-state index < -0.39 is 0 Å². The first kappa shape index (κ1) is 12.5. The highest BCUT2D eigenvalue weighted by atomic mass is 32.2. The molecule has 0 bridgehead atoms. The van der Waals surface area contributed by atoms with Crippen LogP contribution in [0.25, 0.3) is 0 Å². The highest BCUT2D eigenvalue weighted by molar-refractivity contribution is 8.04. The monoisotopic (exact) mass is 213 g/mol. The van der Waals surface area contributed by atoms with E-state index in [0.29, 0.717) is 0 Å². The molecule has 0 fully saturated rings. The minimum atomic E-state index is 0.841. The first-order chi connectivity index (χ1) is 6.27. The summed E-state index contributed by atoms with van der Waals surface area (Å²) in [5.74, 6) is 0.841. The predicted octanol–water partition coefficient (Wildman–Crippen LogP) is 3.26. The van der Waals surface area contributed by atoms with E-state index in [1.807, 2.05) is 19.9 Å². The molecule has 0 amide bonds. The van der Waals surface area contributed by atoms with Gasteiger partial charge in [0.25, 0.3) is 0 Å². The van der Waals surface area contributed by atoms with Crippen molar-refractivity contribution >= 4 is 29.0 Å². The van der Waals surface area contributed by atoms with Gasteiger partial charge in [-0.3, -0.25) is 0 Å². The fourth-order valence-electron chi connectivity index (χ4n) is 0.789. The van der Waals surface area contributed by atoms with Gasteiger partial charge in [0.2, 0.25) is 0 Å². The van der Waals surface area contributed by atoms with Gasteiger partial charge in [-0.15, -0.1) is 11.8 Å². The van der Waals surface area contributed by atoms with E-state index in [9.17, 15) is 0 Å². The standard InChI is InChI=1S/C8H9NS2.C2H6/c1-3-6-7(4-2)11-5-8(10)9-6;1-2/h3-4H,1-2,5H2,(H,9,10);1-2H3. The second-order valence-electron chi connectivity index (χ2n) is 2.02. The molecule has 72 valence electrons. The van der Waals surface area contributed by atoms with Crippen molar-refractivity contribution in [2.24, 2.45) is 0 Å². The minimum Gasteiger partial charge on any atom is -0.348 e. The Balaban J connectivity index is 0.000000671. The van der Waals surface area contributed by atoms with Crippen LogP contribution >= 0.6 is 24.0 Å². The zero-order valence-corrected chi connectivity index (χ0v) is 9.73. The second-order valence-corrected chi connectivity index (χ2v) is 3.53. The molecule has 3 heteroatoms. The van der Waals surface area contributed by atoms with Gasteiger partial charge in [-0.05, 0) is 6.08 Å². The van der Waals surface area contributed by atoms with Crippen LogP contribution in [-0.4, -0.2) is 10.7 Å². The Hall–Kier alpha value is -0.540. The first-order valence-corrected chi connectivity index (χ1v) is 5.59. The van der Waals surface area contributed by atoms with E-state index in [2.05, 4.69) is 18.5 Å². The largest absolute Gasteiger partial charge is 0.348 e. The van der Waals surface area contributed by atoms with E-state index >= 15 is 0 Å². The van der Waals surface area contributed by atoms with Gasteiger partial charge in [0.05, 0.1) is 10.7 Å².